The van der Waals surface area contributed by atoms with Crippen LogP contribution in [0.4, 0.5) is 10.1 Å². The fourth-order valence-corrected chi connectivity index (χ4v) is 3.11. The Morgan fingerprint density at radius 3 is 2.75 bits per heavy atom. The van der Waals surface area contributed by atoms with Crippen molar-refractivity contribution in [2.75, 3.05) is 16.8 Å². The molecule has 0 atom stereocenters. The molecule has 1 aromatic rings. The molecule has 1 fully saturated rings. The average molecular weight is 239 g/mol. The number of benzene rings is 1. The summed E-state index contributed by atoms with van der Waals surface area (Å²) in [5.41, 5.74) is 1.72. The highest BCUT2D eigenvalue weighted by molar-refractivity contribution is 7.99. The van der Waals surface area contributed by atoms with Gasteiger partial charge in [0.05, 0.1) is 0 Å². The monoisotopic (exact) mass is 239 g/mol. The molecular formula is C13H18FNS. The summed E-state index contributed by atoms with van der Waals surface area (Å²) in [6, 6.07) is 6.02. The topological polar surface area (TPSA) is 12.0 Å². The van der Waals surface area contributed by atoms with E-state index in [1.165, 1.54) is 24.3 Å². The summed E-state index contributed by atoms with van der Waals surface area (Å²) < 4.78 is 13.6. The smallest absolute Gasteiger partial charge is 0.128 e. The van der Waals surface area contributed by atoms with E-state index in [1.54, 1.807) is 6.07 Å². The molecule has 0 spiro atoms. The molecule has 0 saturated carbocycles. The van der Waals surface area contributed by atoms with Gasteiger partial charge in [0, 0.05) is 11.7 Å². The quantitative estimate of drug-likeness (QED) is 0.863. The lowest BCUT2D eigenvalue weighted by Crippen LogP contribution is -2.24. The third-order valence-corrected chi connectivity index (χ3v) is 4.07. The molecule has 0 radical (unpaired) electrons. The molecule has 88 valence electrons. The van der Waals surface area contributed by atoms with Gasteiger partial charge in [-0.2, -0.15) is 11.8 Å². The second-order valence-electron chi connectivity index (χ2n) is 4.19. The van der Waals surface area contributed by atoms with Gasteiger partial charge in [-0.1, -0.05) is 13.0 Å². The number of rotatable bonds is 3. The Hall–Kier alpha value is -0.700. The van der Waals surface area contributed by atoms with Crippen LogP contribution < -0.4 is 5.32 Å². The van der Waals surface area contributed by atoms with Gasteiger partial charge < -0.3 is 5.32 Å². The molecule has 1 aliphatic rings. The van der Waals surface area contributed by atoms with Crippen molar-refractivity contribution in [2.24, 2.45) is 0 Å². The molecular weight excluding hydrogens is 221 g/mol. The number of hydrogen-bond acceptors (Lipinski definition) is 2. The number of thioether (sulfide) groups is 1. The van der Waals surface area contributed by atoms with Crippen molar-refractivity contribution < 1.29 is 4.39 Å². The van der Waals surface area contributed by atoms with E-state index in [1.807, 2.05) is 30.8 Å². The van der Waals surface area contributed by atoms with Gasteiger partial charge in [-0.05, 0) is 48.5 Å². The van der Waals surface area contributed by atoms with Crippen LogP contribution in [-0.2, 0) is 6.42 Å². The van der Waals surface area contributed by atoms with Crippen molar-refractivity contribution in [3.05, 3.63) is 29.6 Å². The Morgan fingerprint density at radius 1 is 1.38 bits per heavy atom. The fraction of sp³-hybridized carbons (Fsp3) is 0.538. The van der Waals surface area contributed by atoms with Gasteiger partial charge in [0.15, 0.2) is 0 Å². The van der Waals surface area contributed by atoms with Crippen molar-refractivity contribution >= 4 is 17.4 Å². The maximum Gasteiger partial charge on any atom is 0.128 e. The second-order valence-corrected chi connectivity index (χ2v) is 5.42. The van der Waals surface area contributed by atoms with Gasteiger partial charge in [0.1, 0.15) is 5.82 Å². The molecule has 0 bridgehead atoms. The highest BCUT2D eigenvalue weighted by Gasteiger charge is 2.13. The SMILES string of the molecule is CCc1ccc(NC2CCSCC2)cc1F. The molecule has 1 saturated heterocycles. The highest BCUT2D eigenvalue weighted by Crippen LogP contribution is 2.22. The van der Waals surface area contributed by atoms with Crippen LogP contribution in [0.3, 0.4) is 0 Å². The van der Waals surface area contributed by atoms with E-state index in [2.05, 4.69) is 5.32 Å². The zero-order valence-electron chi connectivity index (χ0n) is 9.63. The average Bonchev–Trinajstić information content (AvgIpc) is 2.31. The number of anilines is 1. The van der Waals surface area contributed by atoms with E-state index in [4.69, 9.17) is 0 Å². The standard InChI is InChI=1S/C13H18FNS/c1-2-10-3-4-12(9-13(10)14)15-11-5-7-16-8-6-11/h3-4,9,11,15H,2,5-8H2,1H3. The minimum atomic E-state index is -0.0855. The van der Waals surface area contributed by atoms with E-state index in [0.717, 1.165) is 17.7 Å². The lowest BCUT2D eigenvalue weighted by Gasteiger charge is -2.23. The van der Waals surface area contributed by atoms with Gasteiger partial charge in [0.25, 0.3) is 0 Å². The molecule has 1 aliphatic heterocycles. The third-order valence-electron chi connectivity index (χ3n) is 3.03. The predicted molar refractivity (Wildman–Crippen MR) is 69.7 cm³/mol. The van der Waals surface area contributed by atoms with E-state index >= 15 is 0 Å². The summed E-state index contributed by atoms with van der Waals surface area (Å²) in [6.45, 7) is 1.98. The molecule has 0 amide bonds. The molecule has 0 unspecified atom stereocenters. The van der Waals surface area contributed by atoms with Crippen LogP contribution >= 0.6 is 11.8 Å². The van der Waals surface area contributed by atoms with Gasteiger partial charge in [-0.3, -0.25) is 0 Å². The van der Waals surface area contributed by atoms with Crippen LogP contribution in [0.1, 0.15) is 25.3 Å². The molecule has 1 aromatic carbocycles. The fourth-order valence-electron chi connectivity index (χ4n) is 2.00. The second kappa shape index (κ2) is 5.58. The predicted octanol–water partition coefficient (Wildman–Crippen LogP) is 3.70. The summed E-state index contributed by atoms with van der Waals surface area (Å²) in [4.78, 5) is 0. The summed E-state index contributed by atoms with van der Waals surface area (Å²) in [7, 11) is 0. The zero-order valence-corrected chi connectivity index (χ0v) is 10.4. The van der Waals surface area contributed by atoms with Crippen LogP contribution in [0, 0.1) is 5.82 Å². The first-order valence-electron chi connectivity index (χ1n) is 5.92. The zero-order chi connectivity index (χ0) is 11.4. The molecule has 1 nitrogen and oxygen atoms in total. The third kappa shape index (κ3) is 2.91. The van der Waals surface area contributed by atoms with Gasteiger partial charge in [0.2, 0.25) is 0 Å². The molecule has 1 N–H and O–H groups in total. The summed E-state index contributed by atoms with van der Waals surface area (Å²) in [5, 5.41) is 3.42. The van der Waals surface area contributed by atoms with E-state index in [9.17, 15) is 4.39 Å². The first kappa shape index (κ1) is 11.8. The van der Waals surface area contributed by atoms with Gasteiger partial charge >= 0.3 is 0 Å². The lowest BCUT2D eigenvalue weighted by atomic mass is 10.1. The number of nitrogens with one attached hydrogen (secondary N) is 1. The van der Waals surface area contributed by atoms with E-state index in [0.29, 0.717) is 6.04 Å². The molecule has 3 heteroatoms. The Morgan fingerprint density at radius 2 is 2.12 bits per heavy atom. The maximum absolute atomic E-state index is 13.6. The normalized spacial score (nSPS) is 17.4. The molecule has 1 heterocycles. The highest BCUT2D eigenvalue weighted by atomic mass is 32.2. The Bertz CT molecular complexity index is 348. The summed E-state index contributed by atoms with van der Waals surface area (Å²) in [5.74, 6) is 2.35. The first-order valence-corrected chi connectivity index (χ1v) is 7.07. The van der Waals surface area contributed by atoms with E-state index < -0.39 is 0 Å². The number of aryl methyl sites for hydroxylation is 1. The van der Waals surface area contributed by atoms with Crippen molar-refractivity contribution in [1.82, 2.24) is 0 Å². The number of halogens is 1. The first-order chi connectivity index (χ1) is 7.79. The summed E-state index contributed by atoms with van der Waals surface area (Å²) in [6.07, 6.45) is 3.12. The summed E-state index contributed by atoms with van der Waals surface area (Å²) >= 11 is 2.00. The minimum absolute atomic E-state index is 0.0855. The van der Waals surface area contributed by atoms with Crippen LogP contribution in [0.2, 0.25) is 0 Å². The molecule has 2 rings (SSSR count). The Kier molecular flexibility index (Phi) is 4.10. The van der Waals surface area contributed by atoms with Crippen molar-refractivity contribution in [2.45, 2.75) is 32.2 Å². The molecule has 16 heavy (non-hydrogen) atoms. The maximum atomic E-state index is 13.6. The lowest BCUT2D eigenvalue weighted by molar-refractivity contribution is 0.610. The largest absolute Gasteiger partial charge is 0.382 e. The van der Waals surface area contributed by atoms with Crippen LogP contribution in [0.25, 0.3) is 0 Å². The molecule has 0 aromatic heterocycles. The van der Waals surface area contributed by atoms with E-state index in [-0.39, 0.29) is 5.82 Å². The van der Waals surface area contributed by atoms with Crippen molar-refractivity contribution in [3.8, 4) is 0 Å². The minimum Gasteiger partial charge on any atom is -0.382 e. The van der Waals surface area contributed by atoms with Crippen molar-refractivity contribution in [1.29, 1.82) is 0 Å². The van der Waals surface area contributed by atoms with Crippen molar-refractivity contribution in [3.63, 3.8) is 0 Å². The Labute approximate surface area is 101 Å². The van der Waals surface area contributed by atoms with Crippen LogP contribution in [0.5, 0.6) is 0 Å². The van der Waals surface area contributed by atoms with Crippen LogP contribution in [0.15, 0.2) is 18.2 Å². The Balaban J connectivity index is 2.01. The number of hydrogen-bond donors (Lipinski definition) is 1. The van der Waals surface area contributed by atoms with Crippen LogP contribution in [-0.4, -0.2) is 17.5 Å². The van der Waals surface area contributed by atoms with Gasteiger partial charge in [-0.25, -0.2) is 4.39 Å². The molecule has 0 aliphatic carbocycles. The van der Waals surface area contributed by atoms with Gasteiger partial charge in [-0.15, -0.1) is 0 Å².